The quantitative estimate of drug-likeness (QED) is 0.788. The summed E-state index contributed by atoms with van der Waals surface area (Å²) in [4.78, 5) is 26.9. The SMILES string of the molecule is Cl.NC1CCCC(C(=O)N2CCC(C(=O)Nc3ccc(F)c(Cl)c3)CC2)C1. The van der Waals surface area contributed by atoms with Gasteiger partial charge in [-0.05, 0) is 50.3 Å². The van der Waals surface area contributed by atoms with E-state index in [1.54, 1.807) is 0 Å². The summed E-state index contributed by atoms with van der Waals surface area (Å²) in [5.74, 6) is -0.565. The van der Waals surface area contributed by atoms with Crippen molar-refractivity contribution in [3.8, 4) is 0 Å². The van der Waals surface area contributed by atoms with Gasteiger partial charge in [0.1, 0.15) is 5.82 Å². The number of hydrogen-bond donors (Lipinski definition) is 2. The number of halogens is 3. The van der Waals surface area contributed by atoms with Crippen molar-refractivity contribution in [2.45, 2.75) is 44.6 Å². The Bertz CT molecular complexity index is 681. The Labute approximate surface area is 170 Å². The van der Waals surface area contributed by atoms with Gasteiger partial charge in [0.2, 0.25) is 11.8 Å². The average Bonchev–Trinajstić information content (AvgIpc) is 2.64. The van der Waals surface area contributed by atoms with Crippen molar-refractivity contribution >= 4 is 41.5 Å². The number of hydrogen-bond acceptors (Lipinski definition) is 3. The van der Waals surface area contributed by atoms with E-state index in [4.69, 9.17) is 17.3 Å². The zero-order valence-electron chi connectivity index (χ0n) is 15.1. The molecule has 0 bridgehead atoms. The monoisotopic (exact) mass is 417 g/mol. The summed E-state index contributed by atoms with van der Waals surface area (Å²) in [5, 5.41) is 2.76. The molecule has 0 aromatic heterocycles. The first-order valence-electron chi connectivity index (χ1n) is 9.24. The Morgan fingerprint density at radius 2 is 1.85 bits per heavy atom. The lowest BCUT2D eigenvalue weighted by Gasteiger charge is -2.35. The smallest absolute Gasteiger partial charge is 0.227 e. The van der Waals surface area contributed by atoms with Crippen LogP contribution in [-0.2, 0) is 9.59 Å². The number of anilines is 1. The topological polar surface area (TPSA) is 75.4 Å². The van der Waals surface area contributed by atoms with E-state index >= 15 is 0 Å². The summed E-state index contributed by atoms with van der Waals surface area (Å²) >= 11 is 5.74. The summed E-state index contributed by atoms with van der Waals surface area (Å²) < 4.78 is 13.2. The molecule has 2 unspecified atom stereocenters. The molecule has 2 aliphatic rings. The fraction of sp³-hybridized carbons (Fsp3) is 0.579. The molecule has 1 aromatic rings. The third-order valence-electron chi connectivity index (χ3n) is 5.43. The Morgan fingerprint density at radius 1 is 1.15 bits per heavy atom. The van der Waals surface area contributed by atoms with Crippen molar-refractivity contribution in [3.63, 3.8) is 0 Å². The van der Waals surface area contributed by atoms with E-state index in [0.29, 0.717) is 31.6 Å². The number of nitrogens with two attached hydrogens (primary N) is 1. The zero-order valence-corrected chi connectivity index (χ0v) is 16.7. The number of carbonyl (C=O) groups excluding carboxylic acids is 2. The molecule has 3 rings (SSSR count). The van der Waals surface area contributed by atoms with Crippen LogP contribution in [0.15, 0.2) is 18.2 Å². The van der Waals surface area contributed by atoms with Crippen LogP contribution >= 0.6 is 24.0 Å². The summed E-state index contributed by atoms with van der Waals surface area (Å²) in [6.45, 7) is 1.18. The van der Waals surface area contributed by atoms with Crippen LogP contribution in [0.3, 0.4) is 0 Å². The molecule has 1 heterocycles. The Kier molecular flexibility index (Phi) is 7.89. The Morgan fingerprint density at radius 3 is 2.48 bits per heavy atom. The van der Waals surface area contributed by atoms with Gasteiger partial charge in [0.15, 0.2) is 0 Å². The van der Waals surface area contributed by atoms with Gasteiger partial charge in [0.05, 0.1) is 5.02 Å². The standard InChI is InChI=1S/C19H25ClFN3O2.ClH/c20-16-11-15(4-5-17(16)21)23-18(25)12-6-8-24(9-7-12)19(26)13-2-1-3-14(22)10-13;/h4-5,11-14H,1-3,6-10,22H2,(H,23,25);1H. The zero-order chi connectivity index (χ0) is 18.7. The molecule has 27 heavy (non-hydrogen) atoms. The maximum Gasteiger partial charge on any atom is 0.227 e. The average molecular weight is 418 g/mol. The first-order valence-corrected chi connectivity index (χ1v) is 9.62. The van der Waals surface area contributed by atoms with Gasteiger partial charge in [-0.1, -0.05) is 18.0 Å². The highest BCUT2D eigenvalue weighted by atomic mass is 35.5. The first-order chi connectivity index (χ1) is 12.4. The van der Waals surface area contributed by atoms with Crippen molar-refractivity contribution in [1.82, 2.24) is 4.90 Å². The van der Waals surface area contributed by atoms with Gasteiger partial charge in [-0.15, -0.1) is 12.4 Å². The van der Waals surface area contributed by atoms with Crippen LogP contribution in [0.25, 0.3) is 0 Å². The lowest BCUT2D eigenvalue weighted by atomic mass is 9.84. The van der Waals surface area contributed by atoms with Crippen molar-refractivity contribution in [3.05, 3.63) is 29.0 Å². The Balaban J connectivity index is 0.00000261. The van der Waals surface area contributed by atoms with Gasteiger partial charge in [-0.3, -0.25) is 9.59 Å². The number of nitrogens with one attached hydrogen (secondary N) is 1. The van der Waals surface area contributed by atoms with Gasteiger partial charge >= 0.3 is 0 Å². The van der Waals surface area contributed by atoms with E-state index < -0.39 is 5.82 Å². The van der Waals surface area contributed by atoms with Gasteiger partial charge < -0.3 is 16.0 Å². The number of likely N-dealkylation sites (tertiary alicyclic amines) is 1. The van der Waals surface area contributed by atoms with Gasteiger partial charge in [-0.2, -0.15) is 0 Å². The third-order valence-corrected chi connectivity index (χ3v) is 5.72. The molecule has 0 radical (unpaired) electrons. The van der Waals surface area contributed by atoms with Crippen LogP contribution in [0.5, 0.6) is 0 Å². The minimum atomic E-state index is -0.515. The number of nitrogens with zero attached hydrogens (tertiary/aromatic N) is 1. The third kappa shape index (κ3) is 5.56. The molecule has 3 N–H and O–H groups in total. The summed E-state index contributed by atoms with van der Waals surface area (Å²) in [5.41, 5.74) is 6.47. The predicted octanol–water partition coefficient (Wildman–Crippen LogP) is 3.60. The fourth-order valence-corrected chi connectivity index (χ4v) is 4.07. The number of amides is 2. The maximum atomic E-state index is 13.2. The molecule has 1 saturated carbocycles. The van der Waals surface area contributed by atoms with E-state index in [0.717, 1.165) is 25.7 Å². The number of piperidine rings is 1. The van der Waals surface area contributed by atoms with Crippen LogP contribution in [0.1, 0.15) is 38.5 Å². The molecule has 2 atom stereocenters. The van der Waals surface area contributed by atoms with Gasteiger partial charge in [0, 0.05) is 36.7 Å². The van der Waals surface area contributed by atoms with Crippen molar-refractivity contribution in [2.24, 2.45) is 17.6 Å². The number of carbonyl (C=O) groups is 2. The second-order valence-corrected chi connectivity index (χ2v) is 7.75. The fourth-order valence-electron chi connectivity index (χ4n) is 3.89. The lowest BCUT2D eigenvalue weighted by molar-refractivity contribution is -0.139. The molecule has 1 aromatic carbocycles. The first kappa shape index (κ1) is 21.9. The van der Waals surface area contributed by atoms with Crippen LogP contribution in [0.2, 0.25) is 5.02 Å². The second-order valence-electron chi connectivity index (χ2n) is 7.34. The molecule has 2 fully saturated rings. The second kappa shape index (κ2) is 9.71. The van der Waals surface area contributed by atoms with Crippen LogP contribution < -0.4 is 11.1 Å². The van der Waals surface area contributed by atoms with E-state index in [1.165, 1.54) is 18.2 Å². The highest BCUT2D eigenvalue weighted by Crippen LogP contribution is 2.28. The molecule has 1 aliphatic carbocycles. The Hall–Kier alpha value is -1.37. The maximum absolute atomic E-state index is 13.2. The molecular formula is C19H26Cl2FN3O2. The van der Waals surface area contributed by atoms with Crippen molar-refractivity contribution in [1.29, 1.82) is 0 Å². The molecule has 2 amide bonds. The summed E-state index contributed by atoms with van der Waals surface area (Å²) in [7, 11) is 0. The van der Waals surface area contributed by atoms with E-state index in [2.05, 4.69) is 5.32 Å². The molecule has 1 saturated heterocycles. The predicted molar refractivity (Wildman–Crippen MR) is 107 cm³/mol. The normalized spacial score (nSPS) is 23.4. The summed E-state index contributed by atoms with van der Waals surface area (Å²) in [6, 6.07) is 4.25. The number of rotatable bonds is 3. The van der Waals surface area contributed by atoms with Crippen LogP contribution in [-0.4, -0.2) is 35.8 Å². The molecule has 1 aliphatic heterocycles. The largest absolute Gasteiger partial charge is 0.342 e. The molecule has 5 nitrogen and oxygen atoms in total. The van der Waals surface area contributed by atoms with E-state index in [1.807, 2.05) is 4.90 Å². The van der Waals surface area contributed by atoms with E-state index in [9.17, 15) is 14.0 Å². The molecule has 0 spiro atoms. The molecular weight excluding hydrogens is 392 g/mol. The minimum absolute atomic E-state index is 0. The molecule has 150 valence electrons. The molecule has 8 heteroatoms. The summed E-state index contributed by atoms with van der Waals surface area (Å²) in [6.07, 6.45) is 4.95. The lowest BCUT2D eigenvalue weighted by Crippen LogP contribution is -2.45. The van der Waals surface area contributed by atoms with Crippen LogP contribution in [0.4, 0.5) is 10.1 Å². The van der Waals surface area contributed by atoms with E-state index in [-0.39, 0.29) is 47.1 Å². The highest BCUT2D eigenvalue weighted by molar-refractivity contribution is 6.31. The minimum Gasteiger partial charge on any atom is -0.342 e. The van der Waals surface area contributed by atoms with Crippen molar-refractivity contribution in [2.75, 3.05) is 18.4 Å². The highest BCUT2D eigenvalue weighted by Gasteiger charge is 2.32. The van der Waals surface area contributed by atoms with Gasteiger partial charge in [-0.25, -0.2) is 4.39 Å². The van der Waals surface area contributed by atoms with Crippen molar-refractivity contribution < 1.29 is 14.0 Å². The van der Waals surface area contributed by atoms with Crippen LogP contribution in [0, 0.1) is 17.7 Å². The number of benzene rings is 1. The van der Waals surface area contributed by atoms with Gasteiger partial charge in [0.25, 0.3) is 0 Å².